The van der Waals surface area contributed by atoms with Gasteiger partial charge in [0.2, 0.25) is 0 Å². The van der Waals surface area contributed by atoms with Gasteiger partial charge in [0.05, 0.1) is 11.6 Å². The van der Waals surface area contributed by atoms with Crippen molar-refractivity contribution in [2.75, 3.05) is 18.4 Å². The minimum Gasteiger partial charge on any atom is -0.364 e. The molecule has 72 valence electrons. The minimum atomic E-state index is 0.369. The standard InChI is InChI=1S/C9H9ClN4/c10-8-6(3-11)1-2-13-9(8)14-7-4-12-5-7/h1-2,7,12H,4-5H2,(H,13,14). The zero-order chi connectivity index (χ0) is 9.97. The molecule has 2 N–H and O–H groups in total. The van der Waals surface area contributed by atoms with E-state index in [0.717, 1.165) is 13.1 Å². The summed E-state index contributed by atoms with van der Waals surface area (Å²) in [6.45, 7) is 1.82. The molecule has 5 heteroatoms. The monoisotopic (exact) mass is 208 g/mol. The first-order valence-corrected chi connectivity index (χ1v) is 4.71. The number of nitriles is 1. The molecule has 1 aromatic rings. The summed E-state index contributed by atoms with van der Waals surface area (Å²) in [4.78, 5) is 4.09. The highest BCUT2D eigenvalue weighted by Gasteiger charge is 2.18. The molecular weight excluding hydrogens is 200 g/mol. The fourth-order valence-corrected chi connectivity index (χ4v) is 1.42. The summed E-state index contributed by atoms with van der Waals surface area (Å²) in [7, 11) is 0. The van der Waals surface area contributed by atoms with Crippen LogP contribution in [0.3, 0.4) is 0 Å². The molecule has 2 rings (SSSR count). The van der Waals surface area contributed by atoms with Crippen LogP contribution in [-0.4, -0.2) is 24.1 Å². The predicted molar refractivity (Wildman–Crippen MR) is 54.2 cm³/mol. The quantitative estimate of drug-likeness (QED) is 0.761. The van der Waals surface area contributed by atoms with Crippen LogP contribution >= 0.6 is 11.6 Å². The van der Waals surface area contributed by atoms with Crippen molar-refractivity contribution in [1.29, 1.82) is 5.26 Å². The van der Waals surface area contributed by atoms with E-state index < -0.39 is 0 Å². The van der Waals surface area contributed by atoms with Crippen molar-refractivity contribution in [3.8, 4) is 6.07 Å². The van der Waals surface area contributed by atoms with Crippen LogP contribution in [0.25, 0.3) is 0 Å². The van der Waals surface area contributed by atoms with Crippen LogP contribution in [0.5, 0.6) is 0 Å². The Morgan fingerprint density at radius 1 is 1.64 bits per heavy atom. The molecule has 4 nitrogen and oxygen atoms in total. The molecule has 0 amide bonds. The number of nitrogens with zero attached hydrogens (tertiary/aromatic N) is 2. The lowest BCUT2D eigenvalue weighted by Crippen LogP contribution is -2.51. The van der Waals surface area contributed by atoms with Crippen LogP contribution in [0.4, 0.5) is 5.82 Å². The van der Waals surface area contributed by atoms with Crippen LogP contribution in [0.1, 0.15) is 5.56 Å². The van der Waals surface area contributed by atoms with Crippen molar-refractivity contribution in [2.24, 2.45) is 0 Å². The largest absolute Gasteiger partial charge is 0.364 e. The van der Waals surface area contributed by atoms with Crippen LogP contribution in [-0.2, 0) is 0 Å². The minimum absolute atomic E-state index is 0.369. The van der Waals surface area contributed by atoms with Gasteiger partial charge in [-0.25, -0.2) is 4.98 Å². The Bertz CT molecular complexity index is 381. The lowest BCUT2D eigenvalue weighted by molar-refractivity contribution is 0.471. The van der Waals surface area contributed by atoms with E-state index in [1.165, 1.54) is 0 Å². The van der Waals surface area contributed by atoms with Crippen molar-refractivity contribution < 1.29 is 0 Å². The lowest BCUT2D eigenvalue weighted by Gasteiger charge is -2.28. The van der Waals surface area contributed by atoms with Gasteiger partial charge in [0.25, 0.3) is 0 Å². The Morgan fingerprint density at radius 3 is 3.00 bits per heavy atom. The topological polar surface area (TPSA) is 60.7 Å². The molecule has 1 aliphatic rings. The second-order valence-corrected chi connectivity index (χ2v) is 3.51. The Balaban J connectivity index is 2.20. The fraction of sp³-hybridized carbons (Fsp3) is 0.333. The maximum absolute atomic E-state index is 8.75. The molecule has 0 aliphatic carbocycles. The lowest BCUT2D eigenvalue weighted by atomic mass is 10.2. The highest BCUT2D eigenvalue weighted by Crippen LogP contribution is 2.23. The third kappa shape index (κ3) is 1.65. The van der Waals surface area contributed by atoms with Crippen molar-refractivity contribution >= 4 is 17.4 Å². The van der Waals surface area contributed by atoms with E-state index in [9.17, 15) is 0 Å². The van der Waals surface area contributed by atoms with Crippen LogP contribution in [0, 0.1) is 11.3 Å². The van der Waals surface area contributed by atoms with Crippen LogP contribution in [0.15, 0.2) is 12.3 Å². The third-order valence-corrected chi connectivity index (χ3v) is 2.51. The summed E-state index contributed by atoms with van der Waals surface area (Å²) in [6.07, 6.45) is 1.58. The number of pyridine rings is 1. The van der Waals surface area contributed by atoms with E-state index in [-0.39, 0.29) is 0 Å². The Morgan fingerprint density at radius 2 is 2.43 bits per heavy atom. The van der Waals surface area contributed by atoms with Gasteiger partial charge < -0.3 is 10.6 Å². The summed E-state index contributed by atoms with van der Waals surface area (Å²) in [6, 6.07) is 3.99. The second-order valence-electron chi connectivity index (χ2n) is 3.13. The first-order valence-electron chi connectivity index (χ1n) is 4.33. The zero-order valence-corrected chi connectivity index (χ0v) is 8.17. The van der Waals surface area contributed by atoms with Crippen molar-refractivity contribution in [3.05, 3.63) is 22.8 Å². The molecule has 2 heterocycles. The van der Waals surface area contributed by atoms with Gasteiger partial charge in [-0.05, 0) is 6.07 Å². The van der Waals surface area contributed by atoms with Crippen molar-refractivity contribution in [1.82, 2.24) is 10.3 Å². The molecule has 0 saturated carbocycles. The Kier molecular flexibility index (Phi) is 2.53. The molecule has 0 aromatic carbocycles. The first kappa shape index (κ1) is 9.25. The Hall–Kier alpha value is -1.31. The first-order chi connectivity index (χ1) is 6.81. The predicted octanol–water partition coefficient (Wildman–Crippen LogP) is 0.990. The van der Waals surface area contributed by atoms with Gasteiger partial charge in [0, 0.05) is 19.3 Å². The molecule has 0 bridgehead atoms. The molecule has 0 radical (unpaired) electrons. The molecule has 1 aromatic heterocycles. The molecule has 0 spiro atoms. The number of aromatic nitrogens is 1. The van der Waals surface area contributed by atoms with Gasteiger partial charge >= 0.3 is 0 Å². The van der Waals surface area contributed by atoms with Crippen LogP contribution in [0.2, 0.25) is 5.02 Å². The van der Waals surface area contributed by atoms with Gasteiger partial charge in [0.1, 0.15) is 16.9 Å². The fourth-order valence-electron chi connectivity index (χ4n) is 1.21. The number of anilines is 1. The third-order valence-electron chi connectivity index (χ3n) is 2.13. The highest BCUT2D eigenvalue weighted by molar-refractivity contribution is 6.34. The number of halogens is 1. The number of rotatable bonds is 2. The van der Waals surface area contributed by atoms with Gasteiger partial charge in [-0.1, -0.05) is 11.6 Å². The summed E-state index contributed by atoms with van der Waals surface area (Å²) in [5.41, 5.74) is 0.455. The molecule has 14 heavy (non-hydrogen) atoms. The summed E-state index contributed by atoms with van der Waals surface area (Å²) < 4.78 is 0. The average Bonchev–Trinajstić information content (AvgIpc) is 2.13. The summed E-state index contributed by atoms with van der Waals surface area (Å²) in [5.74, 6) is 0.595. The summed E-state index contributed by atoms with van der Waals surface area (Å²) >= 11 is 5.97. The van der Waals surface area contributed by atoms with Gasteiger partial charge in [0.15, 0.2) is 0 Å². The molecule has 0 unspecified atom stereocenters. The van der Waals surface area contributed by atoms with E-state index in [1.807, 2.05) is 6.07 Å². The van der Waals surface area contributed by atoms with E-state index >= 15 is 0 Å². The van der Waals surface area contributed by atoms with Crippen molar-refractivity contribution in [2.45, 2.75) is 6.04 Å². The molecule has 1 aliphatic heterocycles. The maximum Gasteiger partial charge on any atom is 0.146 e. The van der Waals surface area contributed by atoms with Gasteiger partial charge in [-0.2, -0.15) is 5.26 Å². The zero-order valence-electron chi connectivity index (χ0n) is 7.42. The van der Waals surface area contributed by atoms with E-state index in [2.05, 4.69) is 15.6 Å². The van der Waals surface area contributed by atoms with Crippen molar-refractivity contribution in [3.63, 3.8) is 0 Å². The molecular formula is C9H9ClN4. The van der Waals surface area contributed by atoms with E-state index in [0.29, 0.717) is 22.4 Å². The van der Waals surface area contributed by atoms with Crippen LogP contribution < -0.4 is 10.6 Å². The smallest absolute Gasteiger partial charge is 0.146 e. The molecule has 0 atom stereocenters. The van der Waals surface area contributed by atoms with E-state index in [4.69, 9.17) is 16.9 Å². The molecule has 1 saturated heterocycles. The highest BCUT2D eigenvalue weighted by atomic mass is 35.5. The van der Waals surface area contributed by atoms with Gasteiger partial charge in [-0.15, -0.1) is 0 Å². The van der Waals surface area contributed by atoms with Gasteiger partial charge in [-0.3, -0.25) is 0 Å². The second kappa shape index (κ2) is 3.82. The number of hydrogen-bond acceptors (Lipinski definition) is 4. The number of hydrogen-bond donors (Lipinski definition) is 2. The number of nitrogens with one attached hydrogen (secondary N) is 2. The SMILES string of the molecule is N#Cc1ccnc(NC2CNC2)c1Cl. The molecule has 1 fully saturated rings. The maximum atomic E-state index is 8.75. The summed E-state index contributed by atoms with van der Waals surface area (Å²) in [5, 5.41) is 15.4. The average molecular weight is 209 g/mol. The van der Waals surface area contributed by atoms with E-state index in [1.54, 1.807) is 12.3 Å². The Labute approximate surface area is 86.9 Å². The normalized spacial score (nSPS) is 15.7.